The summed E-state index contributed by atoms with van der Waals surface area (Å²) in [6.07, 6.45) is 0.523. The monoisotopic (exact) mass is 409 g/mol. The molecule has 1 aromatic heterocycles. The van der Waals surface area contributed by atoms with Gasteiger partial charge in [-0.2, -0.15) is 0 Å². The Labute approximate surface area is 189 Å². The minimum absolute atomic E-state index is 0. The number of benzene rings is 2. The van der Waals surface area contributed by atoms with Gasteiger partial charge >= 0.3 is 29.6 Å². The summed E-state index contributed by atoms with van der Waals surface area (Å²) in [5.74, 6) is -1.12. The number of carboxylic acid groups (broad SMARTS) is 1. The Bertz CT molecular complexity index is 901. The summed E-state index contributed by atoms with van der Waals surface area (Å²) < 4.78 is 5.96. The second-order valence-electron chi connectivity index (χ2n) is 5.91. The molecule has 0 bridgehead atoms. The molecular formula is C20H17ClNNaO3S. The molecule has 0 radical (unpaired) electrons. The van der Waals surface area contributed by atoms with Crippen molar-refractivity contribution in [2.75, 3.05) is 0 Å². The van der Waals surface area contributed by atoms with Gasteiger partial charge in [-0.05, 0) is 23.8 Å². The van der Waals surface area contributed by atoms with Gasteiger partial charge in [-0.15, -0.1) is 11.3 Å². The zero-order chi connectivity index (χ0) is 18.5. The summed E-state index contributed by atoms with van der Waals surface area (Å²) in [4.78, 5) is 15.4. The normalized spacial score (nSPS) is 11.5. The number of aromatic nitrogens is 1. The predicted molar refractivity (Wildman–Crippen MR) is 101 cm³/mol. The standard InChI is InChI=1S/C20H18ClNO3S.Na/c1-13(20(23)24)17-12-26-19(22-17)10-15-9-16(21)7-8-18(15)25-11-14-5-3-2-4-6-14;/h2-9,12-13H,10-11H2,1H3,(H,23,24);/q;+1/p-1. The van der Waals surface area contributed by atoms with Gasteiger partial charge in [0, 0.05) is 28.3 Å². The van der Waals surface area contributed by atoms with Crippen LogP contribution in [0.25, 0.3) is 0 Å². The largest absolute Gasteiger partial charge is 1.00 e. The number of ether oxygens (including phenoxy) is 1. The fraction of sp³-hybridized carbons (Fsp3) is 0.200. The van der Waals surface area contributed by atoms with Gasteiger partial charge in [0.2, 0.25) is 0 Å². The molecule has 2 aromatic carbocycles. The number of thiazole rings is 1. The number of hydrogen-bond donors (Lipinski definition) is 0. The number of carbonyl (C=O) groups excluding carboxylic acids is 1. The fourth-order valence-electron chi connectivity index (χ4n) is 2.45. The van der Waals surface area contributed by atoms with E-state index in [-0.39, 0.29) is 29.6 Å². The molecule has 0 fully saturated rings. The molecule has 1 heterocycles. The van der Waals surface area contributed by atoms with Gasteiger partial charge in [0.15, 0.2) is 0 Å². The van der Waals surface area contributed by atoms with Crippen molar-refractivity contribution in [2.24, 2.45) is 0 Å². The van der Waals surface area contributed by atoms with E-state index in [4.69, 9.17) is 16.3 Å². The van der Waals surface area contributed by atoms with E-state index in [1.807, 2.05) is 42.5 Å². The van der Waals surface area contributed by atoms with Crippen molar-refractivity contribution in [3.05, 3.63) is 80.8 Å². The summed E-state index contributed by atoms with van der Waals surface area (Å²) in [6.45, 7) is 2.03. The molecule has 4 nitrogen and oxygen atoms in total. The van der Waals surface area contributed by atoms with Gasteiger partial charge < -0.3 is 14.6 Å². The number of nitrogens with zero attached hydrogens (tertiary/aromatic N) is 1. The molecule has 134 valence electrons. The van der Waals surface area contributed by atoms with E-state index in [0.717, 1.165) is 21.9 Å². The Morgan fingerprint density at radius 1 is 1.26 bits per heavy atom. The van der Waals surface area contributed by atoms with Crippen LogP contribution in [0.5, 0.6) is 5.75 Å². The number of hydrogen-bond acceptors (Lipinski definition) is 5. The van der Waals surface area contributed by atoms with Crippen LogP contribution in [0.15, 0.2) is 53.9 Å². The number of rotatable bonds is 7. The van der Waals surface area contributed by atoms with Crippen molar-refractivity contribution < 1.29 is 44.2 Å². The molecule has 0 N–H and O–H groups in total. The van der Waals surface area contributed by atoms with Crippen molar-refractivity contribution >= 4 is 28.9 Å². The molecule has 1 atom stereocenters. The summed E-state index contributed by atoms with van der Waals surface area (Å²) in [5.41, 5.74) is 2.50. The van der Waals surface area contributed by atoms with Crippen LogP contribution >= 0.6 is 22.9 Å². The number of halogens is 1. The van der Waals surface area contributed by atoms with Gasteiger partial charge in [-0.1, -0.05) is 48.9 Å². The van der Waals surface area contributed by atoms with Crippen LogP contribution in [0.4, 0.5) is 0 Å². The first-order chi connectivity index (χ1) is 12.5. The third-order valence-corrected chi connectivity index (χ3v) is 5.07. The molecule has 3 rings (SSSR count). The molecule has 27 heavy (non-hydrogen) atoms. The molecule has 7 heteroatoms. The van der Waals surface area contributed by atoms with Crippen LogP contribution in [0.1, 0.15) is 34.7 Å². The van der Waals surface area contributed by atoms with Crippen LogP contribution < -0.4 is 39.4 Å². The van der Waals surface area contributed by atoms with Crippen LogP contribution in [0.3, 0.4) is 0 Å². The third kappa shape index (κ3) is 6.06. The van der Waals surface area contributed by atoms with Crippen molar-refractivity contribution in [3.63, 3.8) is 0 Å². The Hall–Kier alpha value is -1.37. The quantitative estimate of drug-likeness (QED) is 0.542. The van der Waals surface area contributed by atoms with Gasteiger partial charge in [-0.3, -0.25) is 0 Å². The third-order valence-electron chi connectivity index (χ3n) is 3.97. The second-order valence-corrected chi connectivity index (χ2v) is 7.29. The smallest absolute Gasteiger partial charge is 0.549 e. The van der Waals surface area contributed by atoms with Crippen LogP contribution in [0.2, 0.25) is 5.02 Å². The first-order valence-corrected chi connectivity index (χ1v) is 9.39. The van der Waals surface area contributed by atoms with E-state index >= 15 is 0 Å². The summed E-state index contributed by atoms with van der Waals surface area (Å²) in [5, 5.41) is 14.2. The van der Waals surface area contributed by atoms with Gasteiger partial charge in [0.25, 0.3) is 0 Å². The van der Waals surface area contributed by atoms with Gasteiger partial charge in [0.1, 0.15) is 12.4 Å². The topological polar surface area (TPSA) is 62.2 Å². The molecule has 0 saturated carbocycles. The Balaban J connectivity index is 0.00000261. The first-order valence-electron chi connectivity index (χ1n) is 8.13. The molecule has 0 aliphatic carbocycles. The number of carbonyl (C=O) groups is 1. The van der Waals surface area contributed by atoms with Crippen molar-refractivity contribution in [2.45, 2.75) is 25.9 Å². The maximum absolute atomic E-state index is 11.0. The molecule has 0 saturated heterocycles. The van der Waals surface area contributed by atoms with Crippen molar-refractivity contribution in [1.29, 1.82) is 0 Å². The summed E-state index contributed by atoms with van der Waals surface area (Å²) in [7, 11) is 0. The minimum Gasteiger partial charge on any atom is -0.549 e. The SMILES string of the molecule is CC(C(=O)[O-])c1csc(Cc2cc(Cl)ccc2OCc2ccccc2)n1.[Na+]. The Kier molecular flexibility index (Phi) is 8.32. The number of aliphatic carboxylic acids is 1. The van der Waals surface area contributed by atoms with Crippen molar-refractivity contribution in [1.82, 2.24) is 4.98 Å². The first kappa shape index (κ1) is 21.9. The molecule has 3 aromatic rings. The zero-order valence-electron chi connectivity index (χ0n) is 15.1. The second kappa shape index (κ2) is 10.2. The van der Waals surface area contributed by atoms with Gasteiger partial charge in [-0.25, -0.2) is 4.98 Å². The van der Waals surface area contributed by atoms with E-state index in [1.54, 1.807) is 18.4 Å². The minimum atomic E-state index is -1.13. The maximum Gasteiger partial charge on any atom is 1.00 e. The molecular weight excluding hydrogens is 393 g/mol. The van der Waals surface area contributed by atoms with E-state index in [0.29, 0.717) is 23.7 Å². The van der Waals surface area contributed by atoms with Crippen LogP contribution in [0, 0.1) is 0 Å². The predicted octanol–water partition coefficient (Wildman–Crippen LogP) is 0.824. The fourth-order valence-corrected chi connectivity index (χ4v) is 3.56. The average Bonchev–Trinajstić information content (AvgIpc) is 3.09. The summed E-state index contributed by atoms with van der Waals surface area (Å²) >= 11 is 7.56. The number of carboxylic acids is 1. The van der Waals surface area contributed by atoms with E-state index in [9.17, 15) is 9.90 Å². The molecule has 0 aliphatic heterocycles. The Morgan fingerprint density at radius 3 is 2.70 bits per heavy atom. The van der Waals surface area contributed by atoms with Crippen LogP contribution in [-0.4, -0.2) is 11.0 Å². The van der Waals surface area contributed by atoms with Crippen LogP contribution in [-0.2, 0) is 17.8 Å². The van der Waals surface area contributed by atoms with E-state index in [2.05, 4.69) is 4.98 Å². The molecule has 0 aliphatic rings. The average molecular weight is 410 g/mol. The maximum atomic E-state index is 11.0. The molecule has 0 amide bonds. The van der Waals surface area contributed by atoms with Crippen molar-refractivity contribution in [3.8, 4) is 5.75 Å². The Morgan fingerprint density at radius 2 is 2.00 bits per heavy atom. The summed E-state index contributed by atoms with van der Waals surface area (Å²) in [6, 6.07) is 15.4. The molecule has 1 unspecified atom stereocenters. The van der Waals surface area contributed by atoms with Gasteiger partial charge in [0.05, 0.1) is 16.7 Å². The van der Waals surface area contributed by atoms with E-state index < -0.39 is 11.9 Å². The molecule has 0 spiro atoms. The zero-order valence-corrected chi connectivity index (χ0v) is 18.7. The van der Waals surface area contributed by atoms with E-state index in [1.165, 1.54) is 11.3 Å².